The zero-order valence-corrected chi connectivity index (χ0v) is 13.3. The molecule has 0 aliphatic carbocycles. The Hall–Kier alpha value is -2.36. The number of amides is 1. The third-order valence-corrected chi connectivity index (χ3v) is 3.32. The Balaban J connectivity index is 1.76. The number of hydrogen-bond acceptors (Lipinski definition) is 3. The zero-order valence-electron chi connectivity index (χ0n) is 13.3. The second kappa shape index (κ2) is 7.07. The van der Waals surface area contributed by atoms with Crippen molar-refractivity contribution >= 4 is 5.91 Å². The Morgan fingerprint density at radius 2 is 1.73 bits per heavy atom. The van der Waals surface area contributed by atoms with E-state index >= 15 is 0 Å². The van der Waals surface area contributed by atoms with Crippen LogP contribution in [0.1, 0.15) is 36.7 Å². The van der Waals surface area contributed by atoms with Gasteiger partial charge in [0.25, 0.3) is 5.91 Å². The summed E-state index contributed by atoms with van der Waals surface area (Å²) in [5, 5.41) is 2.81. The molecule has 4 heteroatoms. The molecule has 0 aliphatic rings. The van der Waals surface area contributed by atoms with Crippen LogP contribution >= 0.6 is 0 Å². The molecule has 0 spiro atoms. The molecule has 0 radical (unpaired) electrons. The van der Waals surface area contributed by atoms with Crippen molar-refractivity contribution in [2.45, 2.75) is 26.2 Å². The molecule has 1 amide bonds. The highest BCUT2D eigenvalue weighted by Gasteiger charge is 2.12. The lowest BCUT2D eigenvalue weighted by atomic mass is 9.87. The Kier molecular flexibility index (Phi) is 5.15. The maximum absolute atomic E-state index is 11.8. The van der Waals surface area contributed by atoms with Gasteiger partial charge in [-0.15, -0.1) is 0 Å². The smallest absolute Gasteiger partial charge is 0.251 e. The highest BCUT2D eigenvalue weighted by molar-refractivity contribution is 5.93. The highest BCUT2D eigenvalue weighted by atomic mass is 16.5. The van der Waals surface area contributed by atoms with Crippen molar-refractivity contribution in [3.8, 4) is 5.75 Å². The first-order chi connectivity index (χ1) is 10.5. The SMILES string of the molecule is CC(C)(C)c1ccc(OCCNC(=O)c2ccncc2)cc1. The van der Waals surface area contributed by atoms with Crippen molar-refractivity contribution in [1.82, 2.24) is 10.3 Å². The first-order valence-electron chi connectivity index (χ1n) is 7.38. The molecule has 1 aromatic carbocycles. The molecule has 4 nitrogen and oxygen atoms in total. The van der Waals surface area contributed by atoms with Crippen molar-refractivity contribution in [1.29, 1.82) is 0 Å². The van der Waals surface area contributed by atoms with Gasteiger partial charge in [-0.05, 0) is 35.2 Å². The average Bonchev–Trinajstić information content (AvgIpc) is 2.52. The van der Waals surface area contributed by atoms with Crippen LogP contribution in [-0.4, -0.2) is 24.0 Å². The van der Waals surface area contributed by atoms with E-state index < -0.39 is 0 Å². The standard InChI is InChI=1S/C18H22N2O2/c1-18(2,3)15-4-6-16(7-5-15)22-13-12-20-17(21)14-8-10-19-11-9-14/h4-11H,12-13H2,1-3H3,(H,20,21). The molecule has 1 heterocycles. The molecule has 0 saturated heterocycles. The quantitative estimate of drug-likeness (QED) is 0.863. The maximum atomic E-state index is 11.8. The molecule has 0 unspecified atom stereocenters. The Labute approximate surface area is 131 Å². The Morgan fingerprint density at radius 3 is 2.32 bits per heavy atom. The fourth-order valence-corrected chi connectivity index (χ4v) is 1.99. The molecule has 0 bridgehead atoms. The third kappa shape index (κ3) is 4.58. The van der Waals surface area contributed by atoms with Crippen LogP contribution in [0.5, 0.6) is 5.75 Å². The fourth-order valence-electron chi connectivity index (χ4n) is 1.99. The molecule has 2 aromatic rings. The number of ether oxygens (including phenoxy) is 1. The fraction of sp³-hybridized carbons (Fsp3) is 0.333. The molecule has 0 saturated carbocycles. The molecule has 22 heavy (non-hydrogen) atoms. The summed E-state index contributed by atoms with van der Waals surface area (Å²) in [6.07, 6.45) is 3.20. The van der Waals surface area contributed by atoms with Gasteiger partial charge < -0.3 is 10.1 Å². The van der Waals surface area contributed by atoms with Gasteiger partial charge in [-0.2, -0.15) is 0 Å². The maximum Gasteiger partial charge on any atom is 0.251 e. The van der Waals surface area contributed by atoms with Gasteiger partial charge >= 0.3 is 0 Å². The minimum Gasteiger partial charge on any atom is -0.492 e. The second-order valence-corrected chi connectivity index (χ2v) is 6.11. The lowest BCUT2D eigenvalue weighted by Gasteiger charge is -2.19. The number of carbonyl (C=O) groups is 1. The van der Waals surface area contributed by atoms with Crippen molar-refractivity contribution in [2.75, 3.05) is 13.2 Å². The van der Waals surface area contributed by atoms with Crippen LogP contribution in [0.2, 0.25) is 0 Å². The van der Waals surface area contributed by atoms with Crippen molar-refractivity contribution < 1.29 is 9.53 Å². The number of benzene rings is 1. The van der Waals surface area contributed by atoms with Crippen LogP contribution in [0, 0.1) is 0 Å². The van der Waals surface area contributed by atoms with Gasteiger partial charge in [-0.1, -0.05) is 32.9 Å². The molecule has 2 rings (SSSR count). The molecule has 0 aliphatic heterocycles. The monoisotopic (exact) mass is 298 g/mol. The van der Waals surface area contributed by atoms with E-state index in [1.165, 1.54) is 5.56 Å². The van der Waals surface area contributed by atoms with Crippen LogP contribution < -0.4 is 10.1 Å². The molecule has 0 fully saturated rings. The summed E-state index contributed by atoms with van der Waals surface area (Å²) < 4.78 is 5.63. The number of aromatic nitrogens is 1. The van der Waals surface area contributed by atoms with Gasteiger partial charge in [0.15, 0.2) is 0 Å². The molecular formula is C18H22N2O2. The lowest BCUT2D eigenvalue weighted by molar-refractivity contribution is 0.0947. The van der Waals surface area contributed by atoms with Crippen LogP contribution in [0.25, 0.3) is 0 Å². The van der Waals surface area contributed by atoms with Gasteiger partial charge in [-0.3, -0.25) is 9.78 Å². The predicted molar refractivity (Wildman–Crippen MR) is 87.2 cm³/mol. The van der Waals surface area contributed by atoms with Gasteiger partial charge in [0.2, 0.25) is 0 Å². The number of rotatable bonds is 5. The molecule has 1 aromatic heterocycles. The van der Waals surface area contributed by atoms with E-state index in [1.54, 1.807) is 24.5 Å². The van der Waals surface area contributed by atoms with Crippen molar-refractivity contribution in [3.05, 3.63) is 59.9 Å². The number of nitrogens with zero attached hydrogens (tertiary/aromatic N) is 1. The summed E-state index contributed by atoms with van der Waals surface area (Å²) in [6.45, 7) is 7.43. The van der Waals surface area contributed by atoms with E-state index in [-0.39, 0.29) is 11.3 Å². The van der Waals surface area contributed by atoms with Crippen LogP contribution in [0.3, 0.4) is 0 Å². The van der Waals surface area contributed by atoms with Crippen LogP contribution in [0.4, 0.5) is 0 Å². The number of hydrogen-bond donors (Lipinski definition) is 1. The first kappa shape index (κ1) is 16.0. The van der Waals surface area contributed by atoms with Gasteiger partial charge in [0.1, 0.15) is 12.4 Å². The van der Waals surface area contributed by atoms with E-state index in [4.69, 9.17) is 4.74 Å². The van der Waals surface area contributed by atoms with E-state index in [2.05, 4.69) is 43.2 Å². The largest absolute Gasteiger partial charge is 0.492 e. The topological polar surface area (TPSA) is 51.2 Å². The van der Waals surface area contributed by atoms with Crippen molar-refractivity contribution in [3.63, 3.8) is 0 Å². The van der Waals surface area contributed by atoms with E-state index in [1.807, 2.05) is 12.1 Å². The van der Waals surface area contributed by atoms with E-state index in [0.29, 0.717) is 18.7 Å². The first-order valence-corrected chi connectivity index (χ1v) is 7.38. The Bertz CT molecular complexity index is 601. The molecule has 0 atom stereocenters. The molecule has 116 valence electrons. The highest BCUT2D eigenvalue weighted by Crippen LogP contribution is 2.24. The van der Waals surface area contributed by atoms with Gasteiger partial charge in [0.05, 0.1) is 6.54 Å². The number of pyridine rings is 1. The molecular weight excluding hydrogens is 276 g/mol. The summed E-state index contributed by atoms with van der Waals surface area (Å²) in [4.78, 5) is 15.7. The van der Waals surface area contributed by atoms with Gasteiger partial charge in [0, 0.05) is 18.0 Å². The van der Waals surface area contributed by atoms with Gasteiger partial charge in [-0.25, -0.2) is 0 Å². The summed E-state index contributed by atoms with van der Waals surface area (Å²) in [5.41, 5.74) is 2.01. The van der Waals surface area contributed by atoms with E-state index in [9.17, 15) is 4.79 Å². The van der Waals surface area contributed by atoms with E-state index in [0.717, 1.165) is 5.75 Å². The number of carbonyl (C=O) groups excluding carboxylic acids is 1. The minimum atomic E-state index is -0.117. The normalized spacial score (nSPS) is 11.0. The summed E-state index contributed by atoms with van der Waals surface area (Å²) in [7, 11) is 0. The average molecular weight is 298 g/mol. The summed E-state index contributed by atoms with van der Waals surface area (Å²) in [5.74, 6) is 0.695. The predicted octanol–water partition coefficient (Wildman–Crippen LogP) is 3.19. The van der Waals surface area contributed by atoms with Crippen LogP contribution in [0.15, 0.2) is 48.8 Å². The van der Waals surface area contributed by atoms with Crippen molar-refractivity contribution in [2.24, 2.45) is 0 Å². The summed E-state index contributed by atoms with van der Waals surface area (Å²) >= 11 is 0. The zero-order chi connectivity index (χ0) is 16.0. The molecule has 1 N–H and O–H groups in total. The second-order valence-electron chi connectivity index (χ2n) is 6.11. The van der Waals surface area contributed by atoms with Crippen LogP contribution in [-0.2, 0) is 5.41 Å². The number of nitrogens with one attached hydrogen (secondary N) is 1. The lowest BCUT2D eigenvalue weighted by Crippen LogP contribution is -2.28. The Morgan fingerprint density at radius 1 is 1.09 bits per heavy atom. The minimum absolute atomic E-state index is 0.117. The third-order valence-electron chi connectivity index (χ3n) is 3.32. The summed E-state index contributed by atoms with van der Waals surface area (Å²) in [6, 6.07) is 11.4.